The summed E-state index contributed by atoms with van der Waals surface area (Å²) < 4.78 is 28.0. The van der Waals surface area contributed by atoms with Crippen molar-refractivity contribution in [3.63, 3.8) is 0 Å². The molecule has 0 aliphatic carbocycles. The van der Waals surface area contributed by atoms with E-state index in [9.17, 15) is 18.5 Å². The van der Waals surface area contributed by atoms with Crippen LogP contribution in [0.3, 0.4) is 0 Å². The van der Waals surface area contributed by atoms with Gasteiger partial charge in [0.25, 0.3) is 15.7 Å². The number of non-ortho nitro benzene ring substituents is 1. The lowest BCUT2D eigenvalue weighted by Crippen LogP contribution is -2.36. The summed E-state index contributed by atoms with van der Waals surface area (Å²) in [7, 11) is 2.77. The molecule has 20 heavy (non-hydrogen) atoms. The second-order valence-corrected chi connectivity index (χ2v) is 6.01. The lowest BCUT2D eigenvalue weighted by atomic mass is 10.3. The van der Waals surface area contributed by atoms with E-state index in [1.165, 1.54) is 12.1 Å². The van der Waals surface area contributed by atoms with E-state index in [1.807, 2.05) is 0 Å². The number of sulfonamides is 1. The highest BCUT2D eigenvalue weighted by atomic mass is 32.2. The van der Waals surface area contributed by atoms with E-state index in [2.05, 4.69) is 4.40 Å². The van der Waals surface area contributed by atoms with Crippen molar-refractivity contribution in [2.45, 2.75) is 4.90 Å². The molecule has 0 N–H and O–H groups in total. The predicted molar refractivity (Wildman–Crippen MR) is 75.1 cm³/mol. The third kappa shape index (κ3) is 3.67. The van der Waals surface area contributed by atoms with Gasteiger partial charge in [0.1, 0.15) is 0 Å². The van der Waals surface area contributed by atoms with E-state index in [0.717, 1.165) is 12.1 Å². The van der Waals surface area contributed by atoms with Gasteiger partial charge in [-0.05, 0) is 12.1 Å². The first-order chi connectivity index (χ1) is 9.15. The Labute approximate surface area is 117 Å². The second-order valence-electron chi connectivity index (χ2n) is 4.41. The number of nitro groups is 1. The Bertz CT molecular complexity index is 610. The molecule has 1 rings (SSSR count). The van der Waals surface area contributed by atoms with E-state index in [4.69, 9.17) is 0 Å². The fourth-order valence-electron chi connectivity index (χ4n) is 1.46. The molecule has 0 saturated heterocycles. The summed E-state index contributed by atoms with van der Waals surface area (Å²) in [6.07, 6.45) is 0. The zero-order chi connectivity index (χ0) is 15.5. The van der Waals surface area contributed by atoms with Crippen LogP contribution in [0.4, 0.5) is 5.69 Å². The molecule has 0 amide bonds. The molecular weight excluding hydrogens is 284 g/mol. The van der Waals surface area contributed by atoms with Crippen molar-refractivity contribution in [3.8, 4) is 0 Å². The molecule has 8 nitrogen and oxygen atoms in total. The van der Waals surface area contributed by atoms with Crippen molar-refractivity contribution in [2.24, 2.45) is 4.40 Å². The van der Waals surface area contributed by atoms with Crippen LogP contribution in [0.2, 0.25) is 0 Å². The molecule has 0 aliphatic heterocycles. The molecule has 0 aromatic heterocycles. The predicted octanol–water partition coefficient (Wildman–Crippen LogP) is 0.763. The average molecular weight is 300 g/mol. The summed E-state index contributed by atoms with van der Waals surface area (Å²) in [6, 6.07) is 4.60. The van der Waals surface area contributed by atoms with Crippen molar-refractivity contribution < 1.29 is 13.3 Å². The molecule has 1 aromatic carbocycles. The van der Waals surface area contributed by atoms with Gasteiger partial charge in [-0.25, -0.2) is 0 Å². The molecule has 110 valence electrons. The molecule has 0 fully saturated rings. The Hall–Kier alpha value is -2.16. The Morgan fingerprint density at radius 1 is 1.10 bits per heavy atom. The summed E-state index contributed by atoms with van der Waals surface area (Å²) >= 11 is 0. The number of hydrogen-bond donors (Lipinski definition) is 0. The molecule has 0 spiro atoms. The standard InChI is InChI=1S/C11H16N4O4S/c1-13(2)11(14(3)4)12-20(18,19)10-7-5-9(6-8-10)15(16)17/h5-8H,1-4H3. The monoisotopic (exact) mass is 300 g/mol. The van der Waals surface area contributed by atoms with Crippen molar-refractivity contribution in [2.75, 3.05) is 28.2 Å². The quantitative estimate of drug-likeness (QED) is 0.354. The minimum atomic E-state index is -3.91. The van der Waals surface area contributed by atoms with Crippen LogP contribution in [0.5, 0.6) is 0 Å². The van der Waals surface area contributed by atoms with Crippen LogP contribution in [0, 0.1) is 10.1 Å². The molecule has 0 bridgehead atoms. The first-order valence-electron chi connectivity index (χ1n) is 5.59. The van der Waals surface area contributed by atoms with Crippen LogP contribution < -0.4 is 0 Å². The van der Waals surface area contributed by atoms with Crippen LogP contribution >= 0.6 is 0 Å². The third-order valence-corrected chi connectivity index (χ3v) is 3.62. The maximum absolute atomic E-state index is 12.1. The lowest BCUT2D eigenvalue weighted by Gasteiger charge is -2.22. The van der Waals surface area contributed by atoms with Crippen molar-refractivity contribution in [1.82, 2.24) is 9.80 Å². The lowest BCUT2D eigenvalue weighted by molar-refractivity contribution is -0.384. The summed E-state index contributed by atoms with van der Waals surface area (Å²) in [4.78, 5) is 13.0. The molecule has 0 radical (unpaired) electrons. The van der Waals surface area contributed by atoms with Crippen LogP contribution in [0.25, 0.3) is 0 Å². The molecule has 0 saturated carbocycles. The SMILES string of the molecule is CN(C)C(=NS(=O)(=O)c1ccc([N+](=O)[O-])cc1)N(C)C. The fraction of sp³-hybridized carbons (Fsp3) is 0.364. The largest absolute Gasteiger partial charge is 0.348 e. The molecular formula is C11H16N4O4S. The highest BCUT2D eigenvalue weighted by Crippen LogP contribution is 2.18. The maximum atomic E-state index is 12.1. The number of nitrogens with zero attached hydrogens (tertiary/aromatic N) is 4. The highest BCUT2D eigenvalue weighted by Gasteiger charge is 2.18. The molecule has 0 atom stereocenters. The Morgan fingerprint density at radius 2 is 1.55 bits per heavy atom. The van der Waals surface area contributed by atoms with E-state index < -0.39 is 14.9 Å². The Morgan fingerprint density at radius 3 is 1.90 bits per heavy atom. The molecule has 1 aromatic rings. The van der Waals surface area contributed by atoms with E-state index >= 15 is 0 Å². The first kappa shape index (κ1) is 15.9. The highest BCUT2D eigenvalue weighted by molar-refractivity contribution is 7.90. The van der Waals surface area contributed by atoms with Gasteiger partial charge in [0.15, 0.2) is 0 Å². The van der Waals surface area contributed by atoms with Crippen LogP contribution in [-0.2, 0) is 10.0 Å². The molecule has 0 aliphatic rings. The number of benzene rings is 1. The third-order valence-electron chi connectivity index (χ3n) is 2.35. The minimum Gasteiger partial charge on any atom is -0.348 e. The van der Waals surface area contributed by atoms with Gasteiger partial charge in [-0.1, -0.05) is 0 Å². The van der Waals surface area contributed by atoms with E-state index in [-0.39, 0.29) is 16.5 Å². The molecule has 0 unspecified atom stereocenters. The number of guanidine groups is 1. The number of hydrogen-bond acceptors (Lipinski definition) is 4. The van der Waals surface area contributed by atoms with Gasteiger partial charge < -0.3 is 9.80 Å². The van der Waals surface area contributed by atoms with Crippen LogP contribution in [-0.4, -0.2) is 57.3 Å². The van der Waals surface area contributed by atoms with Crippen molar-refractivity contribution >= 4 is 21.7 Å². The van der Waals surface area contributed by atoms with Gasteiger partial charge in [-0.2, -0.15) is 8.42 Å². The van der Waals surface area contributed by atoms with E-state index in [1.54, 1.807) is 38.0 Å². The average Bonchev–Trinajstić information content (AvgIpc) is 2.35. The maximum Gasteiger partial charge on any atom is 0.285 e. The van der Waals surface area contributed by atoms with Gasteiger partial charge in [-0.15, -0.1) is 4.40 Å². The summed E-state index contributed by atoms with van der Waals surface area (Å²) in [6.45, 7) is 0. The zero-order valence-electron chi connectivity index (χ0n) is 11.6. The normalized spacial score (nSPS) is 10.8. The summed E-state index contributed by atoms with van der Waals surface area (Å²) in [5, 5.41) is 10.5. The Balaban J connectivity index is 3.23. The second kappa shape index (κ2) is 5.87. The van der Waals surface area contributed by atoms with Gasteiger partial charge in [0.2, 0.25) is 5.96 Å². The minimum absolute atomic E-state index is 0.0932. The van der Waals surface area contributed by atoms with Crippen molar-refractivity contribution in [1.29, 1.82) is 0 Å². The molecule has 9 heteroatoms. The van der Waals surface area contributed by atoms with Gasteiger partial charge in [0, 0.05) is 40.3 Å². The van der Waals surface area contributed by atoms with Crippen molar-refractivity contribution in [3.05, 3.63) is 34.4 Å². The topological polar surface area (TPSA) is 96.1 Å². The van der Waals surface area contributed by atoms with Gasteiger partial charge in [-0.3, -0.25) is 10.1 Å². The number of rotatable bonds is 3. The van der Waals surface area contributed by atoms with Gasteiger partial charge in [0.05, 0.1) is 9.82 Å². The van der Waals surface area contributed by atoms with Crippen LogP contribution in [0.15, 0.2) is 33.6 Å². The van der Waals surface area contributed by atoms with Crippen LogP contribution in [0.1, 0.15) is 0 Å². The van der Waals surface area contributed by atoms with E-state index in [0.29, 0.717) is 0 Å². The molecule has 0 heterocycles. The fourth-order valence-corrected chi connectivity index (χ4v) is 2.59. The number of nitro benzene ring substituents is 1. The Kier molecular flexibility index (Phi) is 4.66. The smallest absolute Gasteiger partial charge is 0.285 e. The first-order valence-corrected chi connectivity index (χ1v) is 7.03. The zero-order valence-corrected chi connectivity index (χ0v) is 12.5. The summed E-state index contributed by atoms with van der Waals surface area (Å²) in [5.74, 6) is 0.253. The van der Waals surface area contributed by atoms with Gasteiger partial charge >= 0.3 is 0 Å². The summed E-state index contributed by atoms with van der Waals surface area (Å²) in [5.41, 5.74) is -0.173.